The number of hydrogen-bond acceptors (Lipinski definition) is 4. The number of benzene rings is 1. The van der Waals surface area contributed by atoms with Crippen LogP contribution in [-0.2, 0) is 9.47 Å². The second kappa shape index (κ2) is 4.04. The van der Waals surface area contributed by atoms with E-state index in [4.69, 9.17) is 14.2 Å². The van der Waals surface area contributed by atoms with E-state index in [0.29, 0.717) is 11.3 Å². The summed E-state index contributed by atoms with van der Waals surface area (Å²) in [4.78, 5) is 10.7. The van der Waals surface area contributed by atoms with Gasteiger partial charge in [-0.2, -0.15) is 0 Å². The molecule has 78 valence electrons. The number of methoxy groups -OCH3 is 1. The van der Waals surface area contributed by atoms with Gasteiger partial charge in [0.05, 0.1) is 12.7 Å². The summed E-state index contributed by atoms with van der Waals surface area (Å²) in [7, 11) is 1.51. The van der Waals surface area contributed by atoms with Crippen LogP contribution in [0, 0.1) is 0 Å². The number of hydrogen-bond donors (Lipinski definition) is 0. The molecule has 1 aliphatic rings. The van der Waals surface area contributed by atoms with Crippen LogP contribution in [0.1, 0.15) is 22.2 Å². The minimum Gasteiger partial charge on any atom is -0.496 e. The van der Waals surface area contributed by atoms with Crippen molar-refractivity contribution in [3.8, 4) is 5.75 Å². The predicted octanol–water partition coefficient (Wildman–Crippen LogP) is 2.02. The molecule has 0 spiro atoms. The molecule has 1 aromatic rings. The lowest BCUT2D eigenvalue weighted by Gasteiger charge is -2.12. The maximum atomic E-state index is 10.7. The van der Waals surface area contributed by atoms with E-state index < -0.39 is 6.29 Å². The Morgan fingerprint density at radius 1 is 1.33 bits per heavy atom. The van der Waals surface area contributed by atoms with Crippen LogP contribution in [0.15, 0.2) is 30.7 Å². The Bertz CT molecular complexity index is 390. The van der Waals surface area contributed by atoms with E-state index in [2.05, 4.69) is 0 Å². The lowest BCUT2D eigenvalue weighted by molar-refractivity contribution is -0.0247. The number of carbonyl (C=O) groups excluding carboxylic acids is 1. The van der Waals surface area contributed by atoms with Gasteiger partial charge in [-0.15, -0.1) is 0 Å². The number of rotatable bonds is 3. The largest absolute Gasteiger partial charge is 0.496 e. The third-order valence-electron chi connectivity index (χ3n) is 2.12. The zero-order chi connectivity index (χ0) is 10.7. The molecule has 0 saturated heterocycles. The van der Waals surface area contributed by atoms with E-state index in [1.165, 1.54) is 19.6 Å². The van der Waals surface area contributed by atoms with Crippen molar-refractivity contribution in [1.82, 2.24) is 0 Å². The van der Waals surface area contributed by atoms with Crippen LogP contribution >= 0.6 is 0 Å². The third-order valence-corrected chi connectivity index (χ3v) is 2.12. The Labute approximate surface area is 87.1 Å². The average molecular weight is 206 g/mol. The molecule has 4 nitrogen and oxygen atoms in total. The summed E-state index contributed by atoms with van der Waals surface area (Å²) in [5.74, 6) is 0.515. The fourth-order valence-corrected chi connectivity index (χ4v) is 1.37. The SMILES string of the molecule is COc1cc(C2OC=CO2)ccc1C=O. The minimum atomic E-state index is -0.445. The summed E-state index contributed by atoms with van der Waals surface area (Å²) in [6.07, 6.45) is 3.26. The van der Waals surface area contributed by atoms with Crippen LogP contribution in [0.2, 0.25) is 0 Å². The maximum absolute atomic E-state index is 10.7. The Balaban J connectivity index is 2.30. The summed E-state index contributed by atoms with van der Waals surface area (Å²) in [5, 5.41) is 0. The molecule has 0 unspecified atom stereocenters. The number of aldehydes is 1. The average Bonchev–Trinajstić information content (AvgIpc) is 2.81. The first-order valence-electron chi connectivity index (χ1n) is 4.44. The van der Waals surface area contributed by atoms with E-state index in [0.717, 1.165) is 11.8 Å². The van der Waals surface area contributed by atoms with Gasteiger partial charge in [0.2, 0.25) is 0 Å². The monoisotopic (exact) mass is 206 g/mol. The predicted molar refractivity (Wildman–Crippen MR) is 52.4 cm³/mol. The van der Waals surface area contributed by atoms with E-state index >= 15 is 0 Å². The van der Waals surface area contributed by atoms with Gasteiger partial charge in [0.15, 0.2) is 6.29 Å². The second-order valence-corrected chi connectivity index (χ2v) is 3.00. The first-order valence-corrected chi connectivity index (χ1v) is 4.44. The third kappa shape index (κ3) is 1.79. The van der Waals surface area contributed by atoms with E-state index in [1.807, 2.05) is 0 Å². The van der Waals surface area contributed by atoms with Crippen molar-refractivity contribution < 1.29 is 19.0 Å². The van der Waals surface area contributed by atoms with Crippen LogP contribution in [0.5, 0.6) is 5.75 Å². The van der Waals surface area contributed by atoms with Crippen LogP contribution in [0.3, 0.4) is 0 Å². The zero-order valence-corrected chi connectivity index (χ0v) is 8.17. The van der Waals surface area contributed by atoms with Crippen molar-refractivity contribution in [2.75, 3.05) is 7.11 Å². The fourth-order valence-electron chi connectivity index (χ4n) is 1.37. The molecule has 0 bridgehead atoms. The lowest BCUT2D eigenvalue weighted by atomic mass is 10.1. The number of carbonyl (C=O) groups is 1. The van der Waals surface area contributed by atoms with E-state index in [9.17, 15) is 4.79 Å². The maximum Gasteiger partial charge on any atom is 0.266 e. The van der Waals surface area contributed by atoms with Gasteiger partial charge in [-0.1, -0.05) is 6.07 Å². The first-order chi connectivity index (χ1) is 7.35. The molecule has 0 amide bonds. The van der Waals surface area contributed by atoms with Gasteiger partial charge in [0.25, 0.3) is 6.29 Å². The second-order valence-electron chi connectivity index (χ2n) is 3.00. The summed E-state index contributed by atoms with van der Waals surface area (Å²) in [6.45, 7) is 0. The fraction of sp³-hybridized carbons (Fsp3) is 0.182. The quantitative estimate of drug-likeness (QED) is 0.710. The molecule has 0 aliphatic carbocycles. The summed E-state index contributed by atoms with van der Waals surface area (Å²) >= 11 is 0. The Hall–Kier alpha value is -1.97. The molecular formula is C11H10O4. The van der Waals surface area contributed by atoms with Gasteiger partial charge in [-0.25, -0.2) is 0 Å². The highest BCUT2D eigenvalue weighted by Crippen LogP contribution is 2.28. The molecule has 0 radical (unpaired) electrons. The van der Waals surface area contributed by atoms with Crippen LogP contribution in [0.25, 0.3) is 0 Å². The normalized spacial score (nSPS) is 14.5. The van der Waals surface area contributed by atoms with Crippen molar-refractivity contribution in [2.45, 2.75) is 6.29 Å². The van der Waals surface area contributed by atoms with Crippen molar-refractivity contribution in [3.63, 3.8) is 0 Å². The Morgan fingerprint density at radius 2 is 2.07 bits per heavy atom. The molecule has 15 heavy (non-hydrogen) atoms. The van der Waals surface area contributed by atoms with Crippen molar-refractivity contribution in [3.05, 3.63) is 41.9 Å². The molecule has 0 fully saturated rings. The van der Waals surface area contributed by atoms with Gasteiger partial charge in [0, 0.05) is 5.56 Å². The molecule has 1 aromatic carbocycles. The molecule has 2 rings (SSSR count). The van der Waals surface area contributed by atoms with Gasteiger partial charge >= 0.3 is 0 Å². The molecule has 0 N–H and O–H groups in total. The van der Waals surface area contributed by atoms with Gasteiger partial charge in [-0.05, 0) is 12.1 Å². The molecule has 0 atom stereocenters. The smallest absolute Gasteiger partial charge is 0.266 e. The highest BCUT2D eigenvalue weighted by Gasteiger charge is 2.17. The van der Waals surface area contributed by atoms with Gasteiger partial charge < -0.3 is 14.2 Å². The zero-order valence-electron chi connectivity index (χ0n) is 8.17. The topological polar surface area (TPSA) is 44.8 Å². The van der Waals surface area contributed by atoms with Gasteiger partial charge in [0.1, 0.15) is 18.3 Å². The Morgan fingerprint density at radius 3 is 2.67 bits per heavy atom. The van der Waals surface area contributed by atoms with Gasteiger partial charge in [-0.3, -0.25) is 4.79 Å². The minimum absolute atomic E-state index is 0.445. The molecular weight excluding hydrogens is 196 g/mol. The van der Waals surface area contributed by atoms with Crippen LogP contribution in [0.4, 0.5) is 0 Å². The lowest BCUT2D eigenvalue weighted by Crippen LogP contribution is -1.99. The van der Waals surface area contributed by atoms with E-state index in [1.54, 1.807) is 18.2 Å². The molecule has 0 saturated carbocycles. The number of ether oxygens (including phenoxy) is 3. The molecule has 1 heterocycles. The highest BCUT2D eigenvalue weighted by atomic mass is 16.7. The standard InChI is InChI=1S/C11H10O4/c1-13-10-6-8(2-3-9(10)7-12)11-14-4-5-15-11/h2-7,11H,1H3. The van der Waals surface area contributed by atoms with Crippen molar-refractivity contribution in [1.29, 1.82) is 0 Å². The van der Waals surface area contributed by atoms with Crippen LogP contribution in [-0.4, -0.2) is 13.4 Å². The Kier molecular flexibility index (Phi) is 2.58. The van der Waals surface area contributed by atoms with Crippen molar-refractivity contribution in [2.24, 2.45) is 0 Å². The molecule has 1 aliphatic heterocycles. The van der Waals surface area contributed by atoms with Crippen LogP contribution < -0.4 is 4.74 Å². The molecule has 4 heteroatoms. The van der Waals surface area contributed by atoms with Crippen molar-refractivity contribution >= 4 is 6.29 Å². The summed E-state index contributed by atoms with van der Waals surface area (Å²) < 4.78 is 15.4. The highest BCUT2D eigenvalue weighted by molar-refractivity contribution is 5.79. The van der Waals surface area contributed by atoms with E-state index in [-0.39, 0.29) is 0 Å². The summed E-state index contributed by atoms with van der Waals surface area (Å²) in [5.41, 5.74) is 1.31. The molecule has 0 aromatic heterocycles. The first kappa shape index (κ1) is 9.58. The summed E-state index contributed by atoms with van der Waals surface area (Å²) in [6, 6.07) is 5.16.